The van der Waals surface area contributed by atoms with Crippen LogP contribution in [0, 0.1) is 0 Å². The molecular weight excluding hydrogens is 248 g/mol. The lowest BCUT2D eigenvalue weighted by molar-refractivity contribution is 0.400. The molecule has 4 nitrogen and oxygen atoms in total. The molecule has 1 unspecified atom stereocenters. The van der Waals surface area contributed by atoms with Crippen LogP contribution in [0.15, 0.2) is 18.3 Å². The van der Waals surface area contributed by atoms with Crippen molar-refractivity contribution in [3.8, 4) is 0 Å². The van der Waals surface area contributed by atoms with E-state index in [-0.39, 0.29) is 0 Å². The van der Waals surface area contributed by atoms with Crippen molar-refractivity contribution in [3.05, 3.63) is 24.0 Å². The average Bonchev–Trinajstić information content (AvgIpc) is 2.44. The lowest BCUT2D eigenvalue weighted by atomic mass is 10.2. The van der Waals surface area contributed by atoms with Gasteiger partial charge in [0.1, 0.15) is 0 Å². The van der Waals surface area contributed by atoms with Gasteiger partial charge in [-0.25, -0.2) is 0 Å². The number of pyridine rings is 1. The summed E-state index contributed by atoms with van der Waals surface area (Å²) < 4.78 is 0. The Balaban J connectivity index is 2.60. The van der Waals surface area contributed by atoms with E-state index >= 15 is 0 Å². The van der Waals surface area contributed by atoms with Gasteiger partial charge in [-0.1, -0.05) is 6.92 Å². The summed E-state index contributed by atoms with van der Waals surface area (Å²) in [5, 5.41) is 3.39. The molecule has 0 amide bonds. The van der Waals surface area contributed by atoms with E-state index in [1.807, 2.05) is 6.20 Å². The number of hydrogen-bond acceptors (Lipinski definition) is 4. The Kier molecular flexibility index (Phi) is 7.55. The zero-order chi connectivity index (χ0) is 15.0. The van der Waals surface area contributed by atoms with Gasteiger partial charge in [0.15, 0.2) is 0 Å². The van der Waals surface area contributed by atoms with Gasteiger partial charge in [0.05, 0.1) is 17.6 Å². The quantitative estimate of drug-likeness (QED) is 0.752. The fourth-order valence-electron chi connectivity index (χ4n) is 2.30. The van der Waals surface area contributed by atoms with Crippen LogP contribution in [0.3, 0.4) is 0 Å². The molecule has 0 fully saturated rings. The molecule has 1 N–H and O–H groups in total. The summed E-state index contributed by atoms with van der Waals surface area (Å²) in [5.74, 6) is 0. The largest absolute Gasteiger partial charge is 0.371 e. The van der Waals surface area contributed by atoms with Crippen LogP contribution in [0.1, 0.15) is 38.9 Å². The number of anilines is 1. The first kappa shape index (κ1) is 16.9. The summed E-state index contributed by atoms with van der Waals surface area (Å²) in [6, 6.07) is 4.64. The minimum absolute atomic E-state index is 0.317. The molecule has 1 aromatic rings. The summed E-state index contributed by atoms with van der Waals surface area (Å²) in [6.07, 6.45) is 3.18. The van der Waals surface area contributed by atoms with Gasteiger partial charge in [0, 0.05) is 19.1 Å². The number of nitrogens with zero attached hydrogens (tertiary/aromatic N) is 3. The molecule has 1 heterocycles. The second-order valence-corrected chi connectivity index (χ2v) is 5.46. The van der Waals surface area contributed by atoms with Gasteiger partial charge in [0.25, 0.3) is 0 Å². The minimum atomic E-state index is 0.317. The van der Waals surface area contributed by atoms with Gasteiger partial charge in [-0.2, -0.15) is 0 Å². The number of rotatable bonds is 9. The highest BCUT2D eigenvalue weighted by Gasteiger charge is 2.08. The highest BCUT2D eigenvalue weighted by Crippen LogP contribution is 2.16. The van der Waals surface area contributed by atoms with Crippen molar-refractivity contribution >= 4 is 5.69 Å². The molecule has 1 atom stereocenters. The van der Waals surface area contributed by atoms with Crippen molar-refractivity contribution in [2.24, 2.45) is 0 Å². The maximum Gasteiger partial charge on any atom is 0.0572 e. The van der Waals surface area contributed by atoms with E-state index < -0.39 is 0 Å². The average molecular weight is 278 g/mol. The fourth-order valence-corrected chi connectivity index (χ4v) is 2.30. The Morgan fingerprint density at radius 2 is 1.95 bits per heavy atom. The van der Waals surface area contributed by atoms with Gasteiger partial charge in [0.2, 0.25) is 0 Å². The summed E-state index contributed by atoms with van der Waals surface area (Å²) >= 11 is 0. The molecule has 0 aliphatic heterocycles. The predicted octanol–water partition coefficient (Wildman–Crippen LogP) is 2.53. The van der Waals surface area contributed by atoms with Crippen LogP contribution >= 0.6 is 0 Å². The maximum absolute atomic E-state index is 4.59. The Hall–Kier alpha value is -1.13. The topological polar surface area (TPSA) is 31.4 Å². The molecule has 0 aromatic carbocycles. The van der Waals surface area contributed by atoms with Gasteiger partial charge in [-0.05, 0) is 59.6 Å². The molecule has 0 spiro atoms. The summed E-state index contributed by atoms with van der Waals surface area (Å²) in [7, 11) is 4.24. The normalized spacial score (nSPS) is 12.7. The first-order chi connectivity index (χ1) is 9.58. The van der Waals surface area contributed by atoms with Gasteiger partial charge in [-0.15, -0.1) is 0 Å². The Morgan fingerprint density at radius 1 is 1.20 bits per heavy atom. The molecule has 0 aliphatic rings. The molecule has 0 bridgehead atoms. The van der Waals surface area contributed by atoms with Gasteiger partial charge >= 0.3 is 0 Å². The lowest BCUT2D eigenvalue weighted by Gasteiger charge is -2.24. The van der Waals surface area contributed by atoms with Crippen LogP contribution in [0.4, 0.5) is 5.69 Å². The third-order valence-electron chi connectivity index (χ3n) is 3.50. The first-order valence-electron chi connectivity index (χ1n) is 7.67. The zero-order valence-corrected chi connectivity index (χ0v) is 13.7. The maximum atomic E-state index is 4.59. The predicted molar refractivity (Wildman–Crippen MR) is 87.4 cm³/mol. The van der Waals surface area contributed by atoms with Crippen molar-refractivity contribution in [2.75, 3.05) is 45.2 Å². The highest BCUT2D eigenvalue weighted by molar-refractivity contribution is 5.44. The lowest BCUT2D eigenvalue weighted by Crippen LogP contribution is -2.27. The molecule has 1 rings (SSSR count). The minimum Gasteiger partial charge on any atom is -0.371 e. The van der Waals surface area contributed by atoms with Crippen LogP contribution < -0.4 is 10.2 Å². The second kappa shape index (κ2) is 8.93. The number of aromatic nitrogens is 1. The van der Waals surface area contributed by atoms with Crippen molar-refractivity contribution in [1.29, 1.82) is 0 Å². The first-order valence-corrected chi connectivity index (χ1v) is 7.67. The smallest absolute Gasteiger partial charge is 0.0572 e. The van der Waals surface area contributed by atoms with E-state index in [0.29, 0.717) is 6.04 Å². The van der Waals surface area contributed by atoms with E-state index in [1.54, 1.807) is 0 Å². The third-order valence-corrected chi connectivity index (χ3v) is 3.50. The molecule has 20 heavy (non-hydrogen) atoms. The monoisotopic (exact) mass is 278 g/mol. The Morgan fingerprint density at radius 3 is 2.45 bits per heavy atom. The van der Waals surface area contributed by atoms with Crippen molar-refractivity contribution in [1.82, 2.24) is 15.2 Å². The number of nitrogens with one attached hydrogen (secondary N) is 1. The molecule has 114 valence electrons. The van der Waals surface area contributed by atoms with Crippen LogP contribution in [-0.4, -0.2) is 50.2 Å². The van der Waals surface area contributed by atoms with Crippen molar-refractivity contribution in [3.63, 3.8) is 0 Å². The summed E-state index contributed by atoms with van der Waals surface area (Å²) in [4.78, 5) is 9.21. The third kappa shape index (κ3) is 5.47. The van der Waals surface area contributed by atoms with Crippen LogP contribution in [0.2, 0.25) is 0 Å². The van der Waals surface area contributed by atoms with E-state index in [1.165, 1.54) is 12.1 Å². The molecule has 0 saturated carbocycles. The molecule has 1 aromatic heterocycles. The molecular formula is C16H30N4. The molecule has 0 aliphatic carbocycles. The molecule has 4 heteroatoms. The van der Waals surface area contributed by atoms with Crippen molar-refractivity contribution in [2.45, 2.75) is 33.2 Å². The van der Waals surface area contributed by atoms with Crippen molar-refractivity contribution < 1.29 is 0 Å². The number of hydrogen-bond donors (Lipinski definition) is 1. The second-order valence-electron chi connectivity index (χ2n) is 5.46. The van der Waals surface area contributed by atoms with Crippen LogP contribution in [-0.2, 0) is 0 Å². The fraction of sp³-hybridized carbons (Fsp3) is 0.688. The van der Waals surface area contributed by atoms with E-state index in [4.69, 9.17) is 0 Å². The molecule has 0 radical (unpaired) electrons. The van der Waals surface area contributed by atoms with E-state index in [0.717, 1.165) is 31.9 Å². The molecule has 0 saturated heterocycles. The summed E-state index contributed by atoms with van der Waals surface area (Å²) in [5.41, 5.74) is 2.33. The zero-order valence-electron chi connectivity index (χ0n) is 13.7. The van der Waals surface area contributed by atoms with Gasteiger partial charge < -0.3 is 15.1 Å². The van der Waals surface area contributed by atoms with Gasteiger partial charge in [-0.3, -0.25) is 4.98 Å². The Labute approximate surface area is 124 Å². The van der Waals surface area contributed by atoms with E-state index in [9.17, 15) is 0 Å². The standard InChI is InChI=1S/C16H30N4/c1-6-17-14(3)16-10-9-15(13-18-16)20(7-2)12-8-11-19(4)5/h9-10,13-14,17H,6-8,11-12H2,1-5H3. The highest BCUT2D eigenvalue weighted by atomic mass is 15.1. The SMILES string of the molecule is CCNC(C)c1ccc(N(CC)CCCN(C)C)cn1. The summed E-state index contributed by atoms with van der Waals surface area (Å²) in [6.45, 7) is 10.7. The van der Waals surface area contributed by atoms with E-state index in [2.05, 4.69) is 67.1 Å². The Bertz CT molecular complexity index is 361. The van der Waals surface area contributed by atoms with Crippen LogP contribution in [0.25, 0.3) is 0 Å². The van der Waals surface area contributed by atoms with Crippen LogP contribution in [0.5, 0.6) is 0 Å².